The summed E-state index contributed by atoms with van der Waals surface area (Å²) in [7, 11) is 0. The van der Waals surface area contributed by atoms with Gasteiger partial charge in [0.05, 0.1) is 5.39 Å². The second kappa shape index (κ2) is 4.31. The molecule has 0 spiro atoms. The Morgan fingerprint density at radius 1 is 1.20 bits per heavy atom. The molecule has 1 aliphatic rings. The van der Waals surface area contributed by atoms with Crippen molar-refractivity contribution in [2.75, 3.05) is 0 Å². The van der Waals surface area contributed by atoms with Crippen molar-refractivity contribution in [1.82, 2.24) is 14.3 Å². The van der Waals surface area contributed by atoms with Crippen molar-refractivity contribution < 1.29 is 0 Å². The highest BCUT2D eigenvalue weighted by Crippen LogP contribution is 2.33. The Morgan fingerprint density at radius 3 is 2.75 bits per heavy atom. The fourth-order valence-corrected chi connectivity index (χ4v) is 4.33. The van der Waals surface area contributed by atoms with Crippen LogP contribution in [0.15, 0.2) is 29.3 Å². The standard InChI is InChI=1S/C15H15N3OS/c1-10-16-14-13(11-6-2-3-7-12(11)20-14)15(19)18(10)17-8-4-5-9-17/h4-5,8-9H,2-3,6-7H2,1H3. The number of rotatable bonds is 1. The van der Waals surface area contributed by atoms with E-state index in [4.69, 9.17) is 0 Å². The minimum atomic E-state index is 0.0584. The first-order valence-corrected chi connectivity index (χ1v) is 7.75. The highest BCUT2D eigenvalue weighted by molar-refractivity contribution is 7.18. The number of hydrogen-bond donors (Lipinski definition) is 0. The van der Waals surface area contributed by atoms with Gasteiger partial charge in [-0.05, 0) is 50.3 Å². The Hall–Kier alpha value is -1.88. The molecule has 4 nitrogen and oxygen atoms in total. The quantitative estimate of drug-likeness (QED) is 0.689. The summed E-state index contributed by atoms with van der Waals surface area (Å²) in [5.74, 6) is 0.734. The second-order valence-electron chi connectivity index (χ2n) is 5.23. The average Bonchev–Trinajstić information content (AvgIpc) is 3.05. The lowest BCUT2D eigenvalue weighted by Gasteiger charge is -2.12. The van der Waals surface area contributed by atoms with E-state index in [9.17, 15) is 4.79 Å². The van der Waals surface area contributed by atoms with E-state index in [0.717, 1.165) is 28.9 Å². The van der Waals surface area contributed by atoms with Gasteiger partial charge in [0.25, 0.3) is 5.56 Å². The van der Waals surface area contributed by atoms with Crippen LogP contribution in [0.2, 0.25) is 0 Å². The Balaban J connectivity index is 2.10. The summed E-state index contributed by atoms with van der Waals surface area (Å²) < 4.78 is 3.46. The number of fused-ring (bicyclic) bond motifs is 3. The van der Waals surface area contributed by atoms with Crippen molar-refractivity contribution in [1.29, 1.82) is 0 Å². The highest BCUT2D eigenvalue weighted by atomic mass is 32.1. The van der Waals surface area contributed by atoms with Crippen molar-refractivity contribution in [3.8, 4) is 0 Å². The number of aryl methyl sites for hydroxylation is 3. The minimum absolute atomic E-state index is 0.0584. The Labute approximate surface area is 120 Å². The van der Waals surface area contributed by atoms with E-state index in [1.54, 1.807) is 20.7 Å². The zero-order valence-electron chi connectivity index (χ0n) is 11.3. The molecular weight excluding hydrogens is 270 g/mol. The molecule has 0 saturated heterocycles. The van der Waals surface area contributed by atoms with E-state index in [2.05, 4.69) is 4.98 Å². The zero-order chi connectivity index (χ0) is 13.7. The van der Waals surface area contributed by atoms with Crippen LogP contribution in [0.1, 0.15) is 29.1 Å². The lowest BCUT2D eigenvalue weighted by molar-refractivity contribution is 0.602. The summed E-state index contributed by atoms with van der Waals surface area (Å²) in [4.78, 5) is 19.8. The second-order valence-corrected chi connectivity index (χ2v) is 6.31. The maximum atomic E-state index is 12.9. The fourth-order valence-electron chi connectivity index (χ4n) is 3.03. The third-order valence-corrected chi connectivity index (χ3v) is 5.13. The van der Waals surface area contributed by atoms with Gasteiger partial charge in [-0.15, -0.1) is 11.3 Å². The van der Waals surface area contributed by atoms with E-state index in [1.165, 1.54) is 23.3 Å². The third kappa shape index (κ3) is 1.59. The SMILES string of the molecule is Cc1nc2sc3c(c2c(=O)n1-n1cccc1)CCCC3. The zero-order valence-corrected chi connectivity index (χ0v) is 12.1. The number of nitrogens with zero attached hydrogens (tertiary/aromatic N) is 3. The molecule has 0 unspecified atom stereocenters. The maximum absolute atomic E-state index is 12.9. The van der Waals surface area contributed by atoms with Crippen molar-refractivity contribution in [3.63, 3.8) is 0 Å². The van der Waals surface area contributed by atoms with Gasteiger partial charge in [0.2, 0.25) is 0 Å². The van der Waals surface area contributed by atoms with Gasteiger partial charge in [0.15, 0.2) is 0 Å². The molecule has 0 aliphatic heterocycles. The Kier molecular flexibility index (Phi) is 2.57. The monoisotopic (exact) mass is 285 g/mol. The predicted molar refractivity (Wildman–Crippen MR) is 80.5 cm³/mol. The summed E-state index contributed by atoms with van der Waals surface area (Å²) in [6, 6.07) is 3.83. The van der Waals surface area contributed by atoms with E-state index in [1.807, 2.05) is 31.5 Å². The molecule has 0 N–H and O–H groups in total. The fraction of sp³-hybridized carbons (Fsp3) is 0.333. The molecule has 20 heavy (non-hydrogen) atoms. The molecule has 0 fully saturated rings. The van der Waals surface area contributed by atoms with E-state index < -0.39 is 0 Å². The van der Waals surface area contributed by atoms with Gasteiger partial charge in [-0.3, -0.25) is 9.47 Å². The minimum Gasteiger partial charge on any atom is -0.267 e. The molecule has 3 heterocycles. The first-order valence-electron chi connectivity index (χ1n) is 6.93. The van der Waals surface area contributed by atoms with Crippen LogP contribution in [0.5, 0.6) is 0 Å². The topological polar surface area (TPSA) is 39.8 Å². The first kappa shape index (κ1) is 11.9. The molecule has 3 aromatic heterocycles. The predicted octanol–water partition coefficient (Wildman–Crippen LogP) is 2.76. The van der Waals surface area contributed by atoms with Crippen LogP contribution in [-0.2, 0) is 12.8 Å². The molecule has 1 aliphatic carbocycles. The largest absolute Gasteiger partial charge is 0.281 e. The normalized spacial score (nSPS) is 14.7. The van der Waals surface area contributed by atoms with Gasteiger partial charge in [0.1, 0.15) is 10.7 Å². The van der Waals surface area contributed by atoms with Crippen LogP contribution in [0.25, 0.3) is 10.2 Å². The van der Waals surface area contributed by atoms with Crippen LogP contribution in [0.4, 0.5) is 0 Å². The number of aromatic nitrogens is 3. The van der Waals surface area contributed by atoms with Crippen molar-refractivity contribution in [2.45, 2.75) is 32.6 Å². The number of thiophene rings is 1. The van der Waals surface area contributed by atoms with E-state index in [0.29, 0.717) is 0 Å². The molecule has 0 bridgehead atoms. The van der Waals surface area contributed by atoms with E-state index >= 15 is 0 Å². The molecule has 3 aromatic rings. The molecule has 102 valence electrons. The highest BCUT2D eigenvalue weighted by Gasteiger charge is 2.21. The Bertz CT molecular complexity index is 842. The van der Waals surface area contributed by atoms with Gasteiger partial charge in [0, 0.05) is 17.3 Å². The Morgan fingerprint density at radius 2 is 1.95 bits per heavy atom. The van der Waals surface area contributed by atoms with Crippen LogP contribution >= 0.6 is 11.3 Å². The van der Waals surface area contributed by atoms with Crippen molar-refractivity contribution in [2.24, 2.45) is 0 Å². The van der Waals surface area contributed by atoms with Gasteiger partial charge in [-0.1, -0.05) is 0 Å². The molecule has 0 aromatic carbocycles. The van der Waals surface area contributed by atoms with Crippen LogP contribution in [0, 0.1) is 6.92 Å². The third-order valence-electron chi connectivity index (χ3n) is 3.95. The van der Waals surface area contributed by atoms with E-state index in [-0.39, 0.29) is 5.56 Å². The average molecular weight is 285 g/mol. The van der Waals surface area contributed by atoms with Crippen LogP contribution in [-0.4, -0.2) is 14.3 Å². The molecular formula is C15H15N3OS. The van der Waals surface area contributed by atoms with Crippen molar-refractivity contribution in [3.05, 3.63) is 51.1 Å². The van der Waals surface area contributed by atoms with Crippen molar-refractivity contribution >= 4 is 21.6 Å². The van der Waals surface area contributed by atoms with Crippen LogP contribution in [0.3, 0.4) is 0 Å². The van der Waals surface area contributed by atoms with Gasteiger partial charge >= 0.3 is 0 Å². The molecule has 0 atom stereocenters. The van der Waals surface area contributed by atoms with Gasteiger partial charge < -0.3 is 0 Å². The molecule has 5 heteroatoms. The summed E-state index contributed by atoms with van der Waals surface area (Å²) in [6.45, 7) is 1.89. The van der Waals surface area contributed by atoms with Gasteiger partial charge in [-0.25, -0.2) is 4.98 Å². The lowest BCUT2D eigenvalue weighted by Crippen LogP contribution is -2.28. The molecule has 4 rings (SSSR count). The molecule has 0 amide bonds. The summed E-state index contributed by atoms with van der Waals surface area (Å²) >= 11 is 1.70. The molecule has 0 saturated carbocycles. The first-order chi connectivity index (χ1) is 9.75. The summed E-state index contributed by atoms with van der Waals surface area (Å²) in [6.07, 6.45) is 8.26. The number of hydrogen-bond acceptors (Lipinski definition) is 3. The molecule has 0 radical (unpaired) electrons. The maximum Gasteiger partial charge on any atom is 0.281 e. The van der Waals surface area contributed by atoms with Crippen LogP contribution < -0.4 is 5.56 Å². The summed E-state index contributed by atoms with van der Waals surface area (Å²) in [5.41, 5.74) is 1.30. The smallest absolute Gasteiger partial charge is 0.267 e. The lowest BCUT2D eigenvalue weighted by atomic mass is 9.97. The summed E-state index contributed by atoms with van der Waals surface area (Å²) in [5, 5.41) is 0.837. The van der Waals surface area contributed by atoms with Gasteiger partial charge in [-0.2, -0.15) is 4.68 Å².